The van der Waals surface area contributed by atoms with E-state index in [1.165, 1.54) is 11.1 Å². The quantitative estimate of drug-likeness (QED) is 0.779. The average Bonchev–Trinajstić information content (AvgIpc) is 2.97. The number of nitrogens with one attached hydrogen (secondary N) is 2. The Bertz CT molecular complexity index is 905. The van der Waals surface area contributed by atoms with Crippen molar-refractivity contribution in [2.24, 2.45) is 0 Å². The van der Waals surface area contributed by atoms with E-state index in [2.05, 4.69) is 58.0 Å². The molecule has 4 rings (SSSR count). The Balaban J connectivity index is 1.57. The Morgan fingerprint density at radius 3 is 2.88 bits per heavy atom. The van der Waals surface area contributed by atoms with Gasteiger partial charge in [0.15, 0.2) is 0 Å². The third-order valence-electron chi connectivity index (χ3n) is 4.69. The van der Waals surface area contributed by atoms with Crippen molar-refractivity contribution in [3.8, 4) is 0 Å². The third kappa shape index (κ3) is 2.76. The monoisotopic (exact) mass is 322 g/mol. The van der Waals surface area contributed by atoms with Crippen molar-refractivity contribution in [3.63, 3.8) is 0 Å². The predicted molar refractivity (Wildman–Crippen MR) is 95.1 cm³/mol. The van der Waals surface area contributed by atoms with Crippen LogP contribution in [-0.4, -0.2) is 26.4 Å². The van der Waals surface area contributed by atoms with Gasteiger partial charge in [-0.3, -0.25) is 9.69 Å². The maximum atomic E-state index is 12.4. The first-order chi connectivity index (χ1) is 11.6. The summed E-state index contributed by atoms with van der Waals surface area (Å²) in [6, 6.07) is 10.5. The molecular weight excluding hydrogens is 300 g/mol. The molecule has 1 aliphatic rings. The molecule has 3 heterocycles. The van der Waals surface area contributed by atoms with Crippen LogP contribution in [0.15, 0.2) is 35.1 Å². The fourth-order valence-electron chi connectivity index (χ4n) is 3.37. The van der Waals surface area contributed by atoms with Crippen molar-refractivity contribution in [2.45, 2.75) is 39.3 Å². The van der Waals surface area contributed by atoms with E-state index in [-0.39, 0.29) is 11.5 Å². The lowest BCUT2D eigenvalue weighted by atomic mass is 10.1. The smallest absolute Gasteiger partial charge is 0.255 e. The van der Waals surface area contributed by atoms with E-state index in [4.69, 9.17) is 0 Å². The van der Waals surface area contributed by atoms with Crippen LogP contribution in [0.5, 0.6) is 0 Å². The van der Waals surface area contributed by atoms with Gasteiger partial charge in [0, 0.05) is 43.2 Å². The van der Waals surface area contributed by atoms with Crippen LogP contribution >= 0.6 is 0 Å². The van der Waals surface area contributed by atoms with Crippen LogP contribution < -0.4 is 5.56 Å². The molecule has 0 saturated heterocycles. The standard InChI is InChI=1S/C19H22N4O/c1-12(2)18-21-17-7-8-23(11-15(17)19(24)22-18)10-14-9-13-5-3-4-6-16(13)20-14/h3-6,9,12,20H,7-8,10-11H2,1-2H3,(H,21,22,24). The van der Waals surface area contributed by atoms with Crippen molar-refractivity contribution in [3.05, 3.63) is 63.5 Å². The van der Waals surface area contributed by atoms with E-state index in [1.54, 1.807) is 0 Å². The first kappa shape index (κ1) is 15.1. The van der Waals surface area contributed by atoms with E-state index < -0.39 is 0 Å². The lowest BCUT2D eigenvalue weighted by Crippen LogP contribution is -2.36. The van der Waals surface area contributed by atoms with Crippen LogP contribution in [0, 0.1) is 0 Å². The Morgan fingerprint density at radius 2 is 2.08 bits per heavy atom. The van der Waals surface area contributed by atoms with Gasteiger partial charge in [0.05, 0.1) is 11.3 Å². The maximum absolute atomic E-state index is 12.4. The molecule has 5 heteroatoms. The van der Waals surface area contributed by atoms with Crippen molar-refractivity contribution in [2.75, 3.05) is 6.54 Å². The maximum Gasteiger partial charge on any atom is 0.255 e. The number of para-hydroxylation sites is 1. The van der Waals surface area contributed by atoms with E-state index in [0.717, 1.165) is 42.1 Å². The predicted octanol–water partition coefficient (Wildman–Crippen LogP) is 2.93. The molecule has 0 radical (unpaired) electrons. The Morgan fingerprint density at radius 1 is 1.25 bits per heavy atom. The fourth-order valence-corrected chi connectivity index (χ4v) is 3.37. The lowest BCUT2D eigenvalue weighted by molar-refractivity contribution is 0.239. The van der Waals surface area contributed by atoms with Gasteiger partial charge in [0.25, 0.3) is 5.56 Å². The number of aromatic amines is 2. The zero-order chi connectivity index (χ0) is 16.7. The van der Waals surface area contributed by atoms with Crippen molar-refractivity contribution >= 4 is 10.9 Å². The van der Waals surface area contributed by atoms with Crippen LogP contribution in [0.25, 0.3) is 10.9 Å². The molecule has 1 aromatic carbocycles. The molecule has 0 atom stereocenters. The molecule has 0 fully saturated rings. The molecule has 0 bridgehead atoms. The molecule has 0 amide bonds. The zero-order valence-corrected chi connectivity index (χ0v) is 14.1. The minimum atomic E-state index is 0.0186. The summed E-state index contributed by atoms with van der Waals surface area (Å²) in [4.78, 5) is 25.8. The summed E-state index contributed by atoms with van der Waals surface area (Å²) in [6.07, 6.45) is 0.833. The van der Waals surface area contributed by atoms with E-state index in [9.17, 15) is 4.79 Å². The minimum Gasteiger partial charge on any atom is -0.357 e. The molecule has 2 aromatic heterocycles. The number of benzene rings is 1. The van der Waals surface area contributed by atoms with Gasteiger partial charge in [-0.15, -0.1) is 0 Å². The number of rotatable bonds is 3. The second kappa shape index (κ2) is 5.91. The van der Waals surface area contributed by atoms with Gasteiger partial charge in [0.1, 0.15) is 5.82 Å². The highest BCUT2D eigenvalue weighted by Gasteiger charge is 2.22. The van der Waals surface area contributed by atoms with Gasteiger partial charge in [0.2, 0.25) is 0 Å². The molecule has 0 aliphatic carbocycles. The number of hydrogen-bond donors (Lipinski definition) is 2. The van der Waals surface area contributed by atoms with Crippen LogP contribution in [-0.2, 0) is 19.5 Å². The second-order valence-corrected chi connectivity index (χ2v) is 6.87. The summed E-state index contributed by atoms with van der Waals surface area (Å²) in [6.45, 7) is 6.51. The molecular formula is C19H22N4O. The molecule has 1 aliphatic heterocycles. The van der Waals surface area contributed by atoms with Gasteiger partial charge < -0.3 is 9.97 Å². The summed E-state index contributed by atoms with van der Waals surface area (Å²) < 4.78 is 0. The van der Waals surface area contributed by atoms with E-state index in [1.807, 2.05) is 6.07 Å². The highest BCUT2D eigenvalue weighted by molar-refractivity contribution is 5.80. The largest absolute Gasteiger partial charge is 0.357 e. The van der Waals surface area contributed by atoms with Crippen molar-refractivity contribution < 1.29 is 0 Å². The number of H-pyrrole nitrogens is 2. The highest BCUT2D eigenvalue weighted by atomic mass is 16.1. The van der Waals surface area contributed by atoms with Gasteiger partial charge in [-0.25, -0.2) is 4.98 Å². The zero-order valence-electron chi connectivity index (χ0n) is 14.1. The molecule has 0 unspecified atom stereocenters. The Hall–Kier alpha value is -2.40. The van der Waals surface area contributed by atoms with Crippen molar-refractivity contribution in [1.82, 2.24) is 19.9 Å². The van der Waals surface area contributed by atoms with Crippen LogP contribution in [0.3, 0.4) is 0 Å². The van der Waals surface area contributed by atoms with Crippen LogP contribution in [0.4, 0.5) is 0 Å². The van der Waals surface area contributed by atoms with Gasteiger partial charge >= 0.3 is 0 Å². The topological polar surface area (TPSA) is 64.8 Å². The number of nitrogens with zero attached hydrogens (tertiary/aromatic N) is 2. The Labute approximate surface area is 140 Å². The SMILES string of the molecule is CC(C)c1nc2c(c(=O)[nH]1)CN(Cc1cc3ccccc3[nH]1)CC2. The van der Waals surface area contributed by atoms with Gasteiger partial charge in [-0.1, -0.05) is 32.0 Å². The first-order valence-electron chi connectivity index (χ1n) is 8.51. The van der Waals surface area contributed by atoms with Crippen molar-refractivity contribution in [1.29, 1.82) is 0 Å². The summed E-state index contributed by atoms with van der Waals surface area (Å²) in [7, 11) is 0. The summed E-state index contributed by atoms with van der Waals surface area (Å²) in [5.41, 5.74) is 4.15. The molecule has 3 aromatic rings. The molecule has 0 spiro atoms. The number of hydrogen-bond acceptors (Lipinski definition) is 3. The second-order valence-electron chi connectivity index (χ2n) is 6.87. The molecule has 2 N–H and O–H groups in total. The lowest BCUT2D eigenvalue weighted by Gasteiger charge is -2.27. The molecule has 5 nitrogen and oxygen atoms in total. The number of fused-ring (bicyclic) bond motifs is 2. The van der Waals surface area contributed by atoms with Gasteiger partial charge in [-0.2, -0.15) is 0 Å². The highest BCUT2D eigenvalue weighted by Crippen LogP contribution is 2.20. The average molecular weight is 322 g/mol. The minimum absolute atomic E-state index is 0.0186. The molecule has 0 saturated carbocycles. The summed E-state index contributed by atoms with van der Waals surface area (Å²) in [5, 5.41) is 1.23. The summed E-state index contributed by atoms with van der Waals surface area (Å²) >= 11 is 0. The summed E-state index contributed by atoms with van der Waals surface area (Å²) in [5.74, 6) is 1.04. The number of aromatic nitrogens is 3. The third-order valence-corrected chi connectivity index (χ3v) is 4.69. The molecule has 124 valence electrons. The van der Waals surface area contributed by atoms with Crippen LogP contribution in [0.2, 0.25) is 0 Å². The van der Waals surface area contributed by atoms with Crippen LogP contribution in [0.1, 0.15) is 42.5 Å². The fraction of sp³-hybridized carbons (Fsp3) is 0.368. The Kier molecular flexibility index (Phi) is 3.73. The van der Waals surface area contributed by atoms with E-state index in [0.29, 0.717) is 6.54 Å². The van der Waals surface area contributed by atoms with E-state index >= 15 is 0 Å². The molecule has 24 heavy (non-hydrogen) atoms. The first-order valence-corrected chi connectivity index (χ1v) is 8.51. The normalized spacial score (nSPS) is 15.1. The van der Waals surface area contributed by atoms with Gasteiger partial charge in [-0.05, 0) is 17.5 Å².